The Bertz CT molecular complexity index is 646. The van der Waals surface area contributed by atoms with E-state index >= 15 is 0 Å². The van der Waals surface area contributed by atoms with Crippen LogP contribution in [0.4, 0.5) is 0 Å². The van der Waals surface area contributed by atoms with Crippen LogP contribution in [0.3, 0.4) is 0 Å². The Morgan fingerprint density at radius 1 is 0.517 bits per heavy atom. The van der Waals surface area contributed by atoms with Gasteiger partial charge in [-0.3, -0.25) is 0 Å². The molecule has 0 N–H and O–H groups in total. The summed E-state index contributed by atoms with van der Waals surface area (Å²) in [5, 5.41) is 2.93. The molecule has 0 aliphatic rings. The summed E-state index contributed by atoms with van der Waals surface area (Å²) in [5.41, 5.74) is 3.27. The molecule has 2 aromatic carbocycles. The topological polar surface area (TPSA) is 0 Å². The summed E-state index contributed by atoms with van der Waals surface area (Å²) in [6, 6.07) is 13.8. The third-order valence-corrected chi connectivity index (χ3v) is 6.22. The van der Waals surface area contributed by atoms with E-state index in [4.69, 9.17) is 0 Å². The molecule has 0 bridgehead atoms. The second-order valence-electron chi connectivity index (χ2n) is 8.67. The van der Waals surface area contributed by atoms with Crippen molar-refractivity contribution in [1.82, 2.24) is 0 Å². The van der Waals surface area contributed by atoms with Crippen molar-refractivity contribution in [3.63, 3.8) is 0 Å². The van der Waals surface area contributed by atoms with E-state index in [2.05, 4.69) is 50.2 Å². The van der Waals surface area contributed by atoms with E-state index in [1.807, 2.05) is 0 Å². The number of aryl methyl sites for hydroxylation is 2. The van der Waals surface area contributed by atoms with E-state index in [1.165, 1.54) is 114 Å². The molecule has 0 fully saturated rings. The zero-order valence-corrected chi connectivity index (χ0v) is 20.1. The minimum Gasteiger partial charge on any atom is -0.0654 e. The average Bonchev–Trinajstić information content (AvgIpc) is 2.73. The molecule has 0 aliphatic heterocycles. The van der Waals surface area contributed by atoms with Crippen molar-refractivity contribution < 1.29 is 16.5 Å². The molecule has 0 radical (unpaired) electrons. The van der Waals surface area contributed by atoms with E-state index < -0.39 is 0 Å². The zero-order chi connectivity index (χ0) is 19.9. The van der Waals surface area contributed by atoms with Crippen LogP contribution < -0.4 is 0 Å². The maximum Gasteiger partial charge on any atom is 0 e. The van der Waals surface area contributed by atoms with E-state index in [9.17, 15) is 0 Å². The third kappa shape index (κ3) is 10.2. The molecule has 0 amide bonds. The molecule has 166 valence electrons. The summed E-state index contributed by atoms with van der Waals surface area (Å²) in [4.78, 5) is 0. The Morgan fingerprint density at radius 2 is 1.03 bits per heavy atom. The van der Waals surface area contributed by atoms with Crippen LogP contribution in [0, 0.1) is 0 Å². The van der Waals surface area contributed by atoms with Crippen LogP contribution in [-0.2, 0) is 29.3 Å². The van der Waals surface area contributed by atoms with E-state index in [1.54, 1.807) is 11.1 Å². The van der Waals surface area contributed by atoms with E-state index in [-0.39, 0.29) is 16.5 Å². The van der Waals surface area contributed by atoms with Crippen molar-refractivity contribution in [3.05, 3.63) is 47.5 Å². The normalized spacial score (nSPS) is 11.0. The summed E-state index contributed by atoms with van der Waals surface area (Å²) in [7, 11) is 0. The molecule has 0 nitrogen and oxygen atoms in total. The van der Waals surface area contributed by atoms with Gasteiger partial charge in [0.15, 0.2) is 0 Å². The van der Waals surface area contributed by atoms with Gasteiger partial charge in [0, 0.05) is 16.5 Å². The van der Waals surface area contributed by atoms with Crippen LogP contribution in [-0.4, -0.2) is 0 Å². The first-order valence-electron chi connectivity index (χ1n) is 12.4. The Hall–Kier alpha value is -0.806. The summed E-state index contributed by atoms with van der Waals surface area (Å²) in [6.07, 6.45) is 22.1. The first-order valence-corrected chi connectivity index (χ1v) is 12.4. The second-order valence-corrected chi connectivity index (χ2v) is 8.67. The Balaban J connectivity index is 0.00000420. The molecule has 0 aliphatic carbocycles. The van der Waals surface area contributed by atoms with Crippen molar-refractivity contribution >= 4 is 10.8 Å². The molecule has 0 heterocycles. The van der Waals surface area contributed by atoms with E-state index in [0.717, 1.165) is 0 Å². The SMILES string of the molecule is CCCCCCCCCc1ccc2ccccc2c1CCCCCCCCC.[Ni]. The van der Waals surface area contributed by atoms with Crippen molar-refractivity contribution in [1.29, 1.82) is 0 Å². The molecule has 0 spiro atoms. The minimum atomic E-state index is 0. The molecule has 0 aromatic heterocycles. The second kappa shape index (κ2) is 16.9. The van der Waals surface area contributed by atoms with Gasteiger partial charge in [0.2, 0.25) is 0 Å². The van der Waals surface area contributed by atoms with Gasteiger partial charge >= 0.3 is 0 Å². The fraction of sp³-hybridized carbons (Fsp3) is 0.643. The molecule has 29 heavy (non-hydrogen) atoms. The number of benzene rings is 2. The Kier molecular flexibility index (Phi) is 15.3. The Labute approximate surface area is 191 Å². The van der Waals surface area contributed by atoms with Crippen LogP contribution in [0.15, 0.2) is 36.4 Å². The molecule has 2 rings (SSSR count). The van der Waals surface area contributed by atoms with Gasteiger partial charge in [-0.2, -0.15) is 0 Å². The van der Waals surface area contributed by atoms with Crippen molar-refractivity contribution in [2.24, 2.45) is 0 Å². The maximum atomic E-state index is 2.43. The van der Waals surface area contributed by atoms with Crippen LogP contribution in [0.25, 0.3) is 10.8 Å². The van der Waals surface area contributed by atoms with E-state index in [0.29, 0.717) is 0 Å². The zero-order valence-electron chi connectivity index (χ0n) is 19.1. The first-order chi connectivity index (χ1) is 13.9. The molecular weight excluding hydrogens is 395 g/mol. The van der Waals surface area contributed by atoms with Crippen molar-refractivity contribution in [2.75, 3.05) is 0 Å². The smallest absolute Gasteiger partial charge is 0 e. The first kappa shape index (κ1) is 26.2. The molecular formula is C28H44Ni. The molecule has 1 heteroatoms. The molecule has 0 unspecified atom stereocenters. The predicted octanol–water partition coefficient (Wildman–Crippen LogP) is 9.42. The average molecular weight is 439 g/mol. The van der Waals surface area contributed by atoms with Gasteiger partial charge in [0.1, 0.15) is 0 Å². The largest absolute Gasteiger partial charge is 0.0654 e. The fourth-order valence-corrected chi connectivity index (χ4v) is 4.44. The number of hydrogen-bond donors (Lipinski definition) is 0. The van der Waals surface area contributed by atoms with Crippen LogP contribution >= 0.6 is 0 Å². The van der Waals surface area contributed by atoms with Gasteiger partial charge < -0.3 is 0 Å². The number of unbranched alkanes of at least 4 members (excludes halogenated alkanes) is 12. The number of rotatable bonds is 16. The quantitative estimate of drug-likeness (QED) is 0.181. The third-order valence-electron chi connectivity index (χ3n) is 6.22. The van der Waals surface area contributed by atoms with Crippen molar-refractivity contribution in [3.8, 4) is 0 Å². The van der Waals surface area contributed by atoms with Gasteiger partial charge in [-0.05, 0) is 47.6 Å². The van der Waals surface area contributed by atoms with Gasteiger partial charge in [0.05, 0.1) is 0 Å². The summed E-state index contributed by atoms with van der Waals surface area (Å²) < 4.78 is 0. The summed E-state index contributed by atoms with van der Waals surface area (Å²) in [5.74, 6) is 0. The standard InChI is InChI=1S/C28H44.Ni/c1-3-5-7-9-11-13-15-19-25-23-24-26-20-17-18-22-28(26)27(25)21-16-14-12-10-8-6-4-2;/h17-18,20,22-24H,3-16,19,21H2,1-2H3;. The van der Waals surface area contributed by atoms with Gasteiger partial charge in [-0.25, -0.2) is 0 Å². The fourth-order valence-electron chi connectivity index (χ4n) is 4.44. The van der Waals surface area contributed by atoms with Crippen LogP contribution in [0.1, 0.15) is 115 Å². The molecule has 0 saturated carbocycles. The molecule has 2 aromatic rings. The predicted molar refractivity (Wildman–Crippen MR) is 127 cm³/mol. The monoisotopic (exact) mass is 438 g/mol. The van der Waals surface area contributed by atoms with Gasteiger partial charge in [0.25, 0.3) is 0 Å². The van der Waals surface area contributed by atoms with Crippen LogP contribution in [0.2, 0.25) is 0 Å². The van der Waals surface area contributed by atoms with Crippen LogP contribution in [0.5, 0.6) is 0 Å². The minimum absolute atomic E-state index is 0. The van der Waals surface area contributed by atoms with Gasteiger partial charge in [-0.15, -0.1) is 0 Å². The maximum absolute atomic E-state index is 2.43. The number of fused-ring (bicyclic) bond motifs is 1. The number of hydrogen-bond acceptors (Lipinski definition) is 0. The van der Waals surface area contributed by atoms with Gasteiger partial charge in [-0.1, -0.05) is 127 Å². The molecule has 0 atom stereocenters. The molecule has 0 saturated heterocycles. The van der Waals surface area contributed by atoms with Crippen molar-refractivity contribution in [2.45, 2.75) is 117 Å². The Morgan fingerprint density at radius 3 is 1.66 bits per heavy atom. The summed E-state index contributed by atoms with van der Waals surface area (Å²) >= 11 is 0. The summed E-state index contributed by atoms with van der Waals surface area (Å²) in [6.45, 7) is 4.60.